The smallest absolute Gasteiger partial charge is 0.00142 e. The molecule has 0 heterocycles. The first-order valence-corrected chi connectivity index (χ1v) is 7.25. The monoisotopic (exact) mass is 243 g/mol. The van der Waals surface area contributed by atoms with Gasteiger partial charge in [0.15, 0.2) is 0 Å². The van der Waals surface area contributed by atoms with Gasteiger partial charge in [-0.05, 0) is 56.7 Å². The van der Waals surface area contributed by atoms with E-state index in [0.717, 1.165) is 24.9 Å². The van der Waals surface area contributed by atoms with E-state index >= 15 is 0 Å². The highest BCUT2D eigenvalue weighted by Crippen LogP contribution is 2.51. The fraction of sp³-hybridized carbons (Fsp3) is 0.529. The molecule has 1 aromatic carbocycles. The second-order valence-electron chi connectivity index (χ2n) is 5.35. The van der Waals surface area contributed by atoms with Gasteiger partial charge in [-0.25, -0.2) is 0 Å². The SMILES string of the molecule is CCCNCC/C=C(/C)C1CC1c1ccccc1. The number of benzene rings is 1. The van der Waals surface area contributed by atoms with Gasteiger partial charge in [0.1, 0.15) is 0 Å². The highest BCUT2D eigenvalue weighted by molar-refractivity contribution is 5.31. The number of nitrogens with one attached hydrogen (secondary N) is 1. The van der Waals surface area contributed by atoms with Crippen molar-refractivity contribution in [3.8, 4) is 0 Å². The van der Waals surface area contributed by atoms with Gasteiger partial charge in [-0.1, -0.05) is 48.9 Å². The molecule has 1 heteroatoms. The summed E-state index contributed by atoms with van der Waals surface area (Å²) in [6.45, 7) is 6.77. The molecule has 1 saturated carbocycles. The Bertz CT molecular complexity index is 380. The summed E-state index contributed by atoms with van der Waals surface area (Å²) in [6.07, 6.45) is 6.16. The molecule has 18 heavy (non-hydrogen) atoms. The molecule has 0 saturated heterocycles. The molecular weight excluding hydrogens is 218 g/mol. The van der Waals surface area contributed by atoms with Crippen molar-refractivity contribution in [3.63, 3.8) is 0 Å². The Balaban J connectivity index is 1.75. The molecule has 2 atom stereocenters. The molecule has 1 aliphatic rings. The average molecular weight is 243 g/mol. The van der Waals surface area contributed by atoms with Gasteiger partial charge in [0.05, 0.1) is 0 Å². The van der Waals surface area contributed by atoms with Crippen molar-refractivity contribution in [1.29, 1.82) is 0 Å². The van der Waals surface area contributed by atoms with Crippen LogP contribution in [0.2, 0.25) is 0 Å². The van der Waals surface area contributed by atoms with Gasteiger partial charge in [0.25, 0.3) is 0 Å². The fourth-order valence-electron chi connectivity index (χ4n) is 2.62. The molecule has 2 unspecified atom stereocenters. The topological polar surface area (TPSA) is 12.0 Å². The van der Waals surface area contributed by atoms with Crippen LogP contribution in [0, 0.1) is 5.92 Å². The van der Waals surface area contributed by atoms with Gasteiger partial charge in [0, 0.05) is 0 Å². The fourth-order valence-corrected chi connectivity index (χ4v) is 2.62. The average Bonchev–Trinajstić information content (AvgIpc) is 3.20. The van der Waals surface area contributed by atoms with Gasteiger partial charge >= 0.3 is 0 Å². The molecule has 1 nitrogen and oxygen atoms in total. The van der Waals surface area contributed by atoms with Crippen molar-refractivity contribution in [2.45, 2.75) is 39.0 Å². The molecule has 0 aliphatic heterocycles. The maximum atomic E-state index is 3.45. The van der Waals surface area contributed by atoms with E-state index in [1.165, 1.54) is 24.8 Å². The maximum absolute atomic E-state index is 3.45. The molecular formula is C17H25N. The molecule has 1 fully saturated rings. The Labute approximate surface area is 111 Å². The molecule has 1 aliphatic carbocycles. The maximum Gasteiger partial charge on any atom is -0.00142 e. The minimum absolute atomic E-state index is 0.783. The largest absolute Gasteiger partial charge is 0.316 e. The van der Waals surface area contributed by atoms with Gasteiger partial charge in [-0.15, -0.1) is 0 Å². The Morgan fingerprint density at radius 2 is 2.06 bits per heavy atom. The lowest BCUT2D eigenvalue weighted by molar-refractivity contribution is 0.676. The summed E-state index contributed by atoms with van der Waals surface area (Å²) in [5.74, 6) is 1.59. The third-order valence-corrected chi connectivity index (χ3v) is 3.82. The molecule has 0 bridgehead atoms. The van der Waals surface area contributed by atoms with Gasteiger partial charge in [-0.3, -0.25) is 0 Å². The zero-order valence-corrected chi connectivity index (χ0v) is 11.7. The van der Waals surface area contributed by atoms with Gasteiger partial charge < -0.3 is 5.32 Å². The first-order chi connectivity index (χ1) is 8.83. The van der Waals surface area contributed by atoms with E-state index in [9.17, 15) is 0 Å². The second kappa shape index (κ2) is 6.75. The highest BCUT2D eigenvalue weighted by atomic mass is 14.8. The molecule has 0 radical (unpaired) electrons. The van der Waals surface area contributed by atoms with Crippen LogP contribution < -0.4 is 5.32 Å². The summed E-state index contributed by atoms with van der Waals surface area (Å²) < 4.78 is 0. The quantitative estimate of drug-likeness (QED) is 0.561. The van der Waals surface area contributed by atoms with Crippen LogP contribution in [0.1, 0.15) is 44.6 Å². The van der Waals surface area contributed by atoms with Crippen LogP contribution in [0.5, 0.6) is 0 Å². The minimum Gasteiger partial charge on any atom is -0.316 e. The van der Waals surface area contributed by atoms with Crippen molar-refractivity contribution in [2.75, 3.05) is 13.1 Å². The van der Waals surface area contributed by atoms with Crippen molar-refractivity contribution in [3.05, 3.63) is 47.5 Å². The summed E-state index contributed by atoms with van der Waals surface area (Å²) in [5.41, 5.74) is 3.10. The lowest BCUT2D eigenvalue weighted by Crippen LogP contribution is -2.15. The predicted octanol–water partition coefficient (Wildman–Crippen LogP) is 4.13. The van der Waals surface area contributed by atoms with Crippen LogP contribution in [0.25, 0.3) is 0 Å². The summed E-state index contributed by atoms with van der Waals surface area (Å²) in [4.78, 5) is 0. The molecule has 1 aromatic rings. The lowest BCUT2D eigenvalue weighted by atomic mass is 10.1. The van der Waals surface area contributed by atoms with E-state index in [-0.39, 0.29) is 0 Å². The second-order valence-corrected chi connectivity index (χ2v) is 5.35. The Morgan fingerprint density at radius 3 is 2.78 bits per heavy atom. The zero-order chi connectivity index (χ0) is 12.8. The van der Waals surface area contributed by atoms with Gasteiger partial charge in [0.2, 0.25) is 0 Å². The van der Waals surface area contributed by atoms with Crippen LogP contribution in [0.15, 0.2) is 42.0 Å². The molecule has 0 amide bonds. The molecule has 0 aromatic heterocycles. The summed E-state index contributed by atoms with van der Waals surface area (Å²) in [6, 6.07) is 10.9. The van der Waals surface area contributed by atoms with Crippen LogP contribution in [-0.4, -0.2) is 13.1 Å². The van der Waals surface area contributed by atoms with Crippen molar-refractivity contribution in [2.24, 2.45) is 5.92 Å². The van der Waals surface area contributed by atoms with E-state index < -0.39 is 0 Å². The normalized spacial score (nSPS) is 23.1. The molecule has 98 valence electrons. The van der Waals surface area contributed by atoms with E-state index in [2.05, 4.69) is 55.6 Å². The third-order valence-electron chi connectivity index (χ3n) is 3.82. The number of hydrogen-bond acceptors (Lipinski definition) is 1. The zero-order valence-electron chi connectivity index (χ0n) is 11.7. The van der Waals surface area contributed by atoms with Gasteiger partial charge in [-0.2, -0.15) is 0 Å². The highest BCUT2D eigenvalue weighted by Gasteiger charge is 2.38. The summed E-state index contributed by atoms with van der Waals surface area (Å²) in [5, 5.41) is 3.45. The number of hydrogen-bond donors (Lipinski definition) is 1. The van der Waals surface area contributed by atoms with Crippen LogP contribution in [0.3, 0.4) is 0 Å². The molecule has 1 N–H and O–H groups in total. The lowest BCUT2D eigenvalue weighted by Gasteiger charge is -2.03. The Morgan fingerprint density at radius 1 is 1.28 bits per heavy atom. The van der Waals surface area contributed by atoms with Crippen LogP contribution in [-0.2, 0) is 0 Å². The number of rotatable bonds is 7. The number of allylic oxidation sites excluding steroid dienone is 1. The standard InChI is InChI=1S/C17H25N/c1-3-11-18-12-7-8-14(2)16-13-17(16)15-9-5-4-6-10-15/h4-6,8-10,16-18H,3,7,11-13H2,1-2H3/b14-8-. The first kappa shape index (κ1) is 13.4. The van der Waals surface area contributed by atoms with Crippen molar-refractivity contribution < 1.29 is 0 Å². The first-order valence-electron chi connectivity index (χ1n) is 7.25. The van der Waals surface area contributed by atoms with E-state index in [1.807, 2.05) is 0 Å². The van der Waals surface area contributed by atoms with E-state index in [1.54, 1.807) is 5.57 Å². The summed E-state index contributed by atoms with van der Waals surface area (Å²) >= 11 is 0. The van der Waals surface area contributed by atoms with E-state index in [4.69, 9.17) is 0 Å². The molecule has 2 rings (SSSR count). The summed E-state index contributed by atoms with van der Waals surface area (Å²) in [7, 11) is 0. The van der Waals surface area contributed by atoms with Crippen LogP contribution in [0.4, 0.5) is 0 Å². The third kappa shape index (κ3) is 3.71. The van der Waals surface area contributed by atoms with E-state index in [0.29, 0.717) is 0 Å². The van der Waals surface area contributed by atoms with Crippen molar-refractivity contribution >= 4 is 0 Å². The predicted molar refractivity (Wildman–Crippen MR) is 78.8 cm³/mol. The Kier molecular flexibility index (Phi) is 5.00. The molecule has 0 spiro atoms. The van der Waals surface area contributed by atoms with Crippen LogP contribution >= 0.6 is 0 Å². The van der Waals surface area contributed by atoms with Crippen molar-refractivity contribution in [1.82, 2.24) is 5.32 Å². The Hall–Kier alpha value is -1.08. The minimum atomic E-state index is 0.783.